The summed E-state index contributed by atoms with van der Waals surface area (Å²) in [5.41, 5.74) is 4.84. The van der Waals surface area contributed by atoms with Gasteiger partial charge in [0.1, 0.15) is 0 Å². The zero-order valence-electron chi connectivity index (χ0n) is 32.7. The SMILES string of the molecule is CCC(/C=C\CS[C@@H](C)C1=CC[C@H]2C3=CC=C4C[C@@H](O)C[C@H](O[Si](C)(C)C(C)(C)C)[C@]4(C)[C@H]3CC[C@]12C)(CC)O[Si](CC)(CC)CC. The van der Waals surface area contributed by atoms with Crippen LogP contribution in [0.4, 0.5) is 0 Å². The van der Waals surface area contributed by atoms with Crippen LogP contribution in [0.2, 0.25) is 36.3 Å². The molecule has 2 saturated carbocycles. The fraction of sp³-hybridized carbons (Fsp3) is 0.805. The second-order valence-corrected chi connectivity index (χ2v) is 28.4. The van der Waals surface area contributed by atoms with E-state index in [1.165, 1.54) is 36.5 Å². The number of aliphatic hydroxyl groups excluding tert-OH is 1. The van der Waals surface area contributed by atoms with Gasteiger partial charge >= 0.3 is 0 Å². The lowest BCUT2D eigenvalue weighted by Crippen LogP contribution is -2.57. The van der Waals surface area contributed by atoms with Gasteiger partial charge in [-0.15, -0.1) is 0 Å². The molecule has 2 fully saturated rings. The monoisotopic (exact) mass is 700 g/mol. The summed E-state index contributed by atoms with van der Waals surface area (Å²) in [6.45, 7) is 30.9. The molecule has 0 heterocycles. The fourth-order valence-electron chi connectivity index (χ4n) is 9.59. The molecule has 7 atom stereocenters. The molecular weight excluding hydrogens is 629 g/mol. The van der Waals surface area contributed by atoms with E-state index in [4.69, 9.17) is 8.85 Å². The average molecular weight is 701 g/mol. The van der Waals surface area contributed by atoms with Gasteiger partial charge < -0.3 is 14.0 Å². The highest BCUT2D eigenvalue weighted by Gasteiger charge is 2.58. The summed E-state index contributed by atoms with van der Waals surface area (Å²) in [4.78, 5) is 0. The summed E-state index contributed by atoms with van der Waals surface area (Å²) in [5, 5.41) is 11.7. The molecule has 1 N–H and O–H groups in total. The second kappa shape index (κ2) is 14.7. The number of rotatable bonds is 14. The number of thioether (sulfide) groups is 1. The lowest BCUT2D eigenvalue weighted by molar-refractivity contribution is -0.0417. The van der Waals surface area contributed by atoms with E-state index in [1.54, 1.807) is 11.1 Å². The van der Waals surface area contributed by atoms with Gasteiger partial charge in [0.15, 0.2) is 16.6 Å². The number of aliphatic hydroxyl groups is 1. The van der Waals surface area contributed by atoms with Crippen LogP contribution < -0.4 is 0 Å². The smallest absolute Gasteiger partial charge is 0.193 e. The first kappa shape index (κ1) is 39.4. The molecule has 268 valence electrons. The van der Waals surface area contributed by atoms with Crippen molar-refractivity contribution in [3.05, 3.63) is 47.1 Å². The van der Waals surface area contributed by atoms with Crippen molar-refractivity contribution in [2.75, 3.05) is 5.75 Å². The van der Waals surface area contributed by atoms with Crippen LogP contribution in [0.25, 0.3) is 0 Å². The number of hydrogen-bond acceptors (Lipinski definition) is 4. The second-order valence-electron chi connectivity index (χ2n) is 17.6. The minimum Gasteiger partial charge on any atom is -0.413 e. The summed E-state index contributed by atoms with van der Waals surface area (Å²) < 4.78 is 14.4. The Bertz CT molecular complexity index is 1210. The van der Waals surface area contributed by atoms with E-state index < -0.39 is 16.6 Å². The van der Waals surface area contributed by atoms with E-state index in [9.17, 15) is 5.11 Å². The van der Waals surface area contributed by atoms with Crippen LogP contribution in [0.3, 0.4) is 0 Å². The van der Waals surface area contributed by atoms with Gasteiger partial charge in [0.05, 0.1) is 17.8 Å². The highest BCUT2D eigenvalue weighted by atomic mass is 32.2. The Labute approximate surface area is 297 Å². The van der Waals surface area contributed by atoms with Gasteiger partial charge in [0, 0.05) is 16.4 Å². The molecule has 0 saturated heterocycles. The molecule has 4 rings (SSSR count). The molecule has 0 aliphatic heterocycles. The van der Waals surface area contributed by atoms with Crippen LogP contribution in [0.15, 0.2) is 47.1 Å². The standard InChI is InChI=1S/C41H72O3SSi2/c1-14-41(15-2,44-47(16-3,17-4)18-5)25-19-27-45-30(6)34-22-23-35-33-21-20-31-28-32(42)29-37(43-46(12,13)38(7,8)9)40(31,11)36(33)24-26-39(34,35)10/h19-22,25,30,32,35-37,42H,14-18,23-24,26-29H2,1-13H3/b25-19-/t30-,32+,35-,36-,37-,39+,40-/m0/s1. The van der Waals surface area contributed by atoms with Crippen molar-refractivity contribution in [1.29, 1.82) is 0 Å². The summed E-state index contributed by atoms with van der Waals surface area (Å²) in [6, 6.07) is 3.61. The summed E-state index contributed by atoms with van der Waals surface area (Å²) >= 11 is 2.11. The number of fused-ring (bicyclic) bond motifs is 5. The van der Waals surface area contributed by atoms with Crippen LogP contribution >= 0.6 is 11.8 Å². The lowest BCUT2D eigenvalue weighted by Gasteiger charge is -2.58. The molecule has 0 bridgehead atoms. The van der Waals surface area contributed by atoms with Gasteiger partial charge in [-0.05, 0) is 105 Å². The van der Waals surface area contributed by atoms with Crippen molar-refractivity contribution in [2.24, 2.45) is 22.7 Å². The predicted molar refractivity (Wildman–Crippen MR) is 211 cm³/mol. The third-order valence-electron chi connectivity index (χ3n) is 14.4. The van der Waals surface area contributed by atoms with Crippen molar-refractivity contribution in [2.45, 2.75) is 180 Å². The molecule has 6 heteroatoms. The maximum atomic E-state index is 11.0. The quantitative estimate of drug-likeness (QED) is 0.145. The van der Waals surface area contributed by atoms with Gasteiger partial charge in [0.2, 0.25) is 0 Å². The molecule has 47 heavy (non-hydrogen) atoms. The van der Waals surface area contributed by atoms with E-state index in [-0.39, 0.29) is 33.7 Å². The fourth-order valence-corrected chi connectivity index (χ4v) is 15.2. The number of hydrogen-bond donors (Lipinski definition) is 1. The third kappa shape index (κ3) is 7.36. The van der Waals surface area contributed by atoms with E-state index in [1.807, 2.05) is 0 Å². The molecule has 4 aliphatic rings. The van der Waals surface area contributed by atoms with Gasteiger partial charge in [-0.25, -0.2) is 0 Å². The minimum absolute atomic E-state index is 0.0328. The van der Waals surface area contributed by atoms with Gasteiger partial charge in [-0.1, -0.05) is 116 Å². The molecule has 0 aromatic carbocycles. The van der Waals surface area contributed by atoms with E-state index in [0.29, 0.717) is 17.1 Å². The van der Waals surface area contributed by atoms with Crippen molar-refractivity contribution < 1.29 is 14.0 Å². The maximum Gasteiger partial charge on any atom is 0.193 e. The Morgan fingerprint density at radius 1 is 1.02 bits per heavy atom. The highest BCUT2D eigenvalue weighted by Crippen LogP contribution is 2.65. The van der Waals surface area contributed by atoms with Crippen molar-refractivity contribution in [3.8, 4) is 0 Å². The van der Waals surface area contributed by atoms with E-state index >= 15 is 0 Å². The molecule has 0 aromatic rings. The van der Waals surface area contributed by atoms with Crippen LogP contribution in [0.5, 0.6) is 0 Å². The molecule has 0 amide bonds. The van der Waals surface area contributed by atoms with E-state index in [0.717, 1.165) is 37.9 Å². The zero-order valence-corrected chi connectivity index (χ0v) is 35.5. The Kier molecular flexibility index (Phi) is 12.3. The third-order valence-corrected chi connectivity index (χ3v) is 24.7. The Morgan fingerprint density at radius 2 is 1.66 bits per heavy atom. The molecule has 0 radical (unpaired) electrons. The first-order valence-electron chi connectivity index (χ1n) is 19.4. The normalized spacial score (nSPS) is 32.3. The van der Waals surface area contributed by atoms with Crippen molar-refractivity contribution >= 4 is 28.4 Å². The van der Waals surface area contributed by atoms with Crippen LogP contribution in [0.1, 0.15) is 121 Å². The minimum atomic E-state index is -2.00. The van der Waals surface area contributed by atoms with E-state index in [2.05, 4.69) is 131 Å². The van der Waals surface area contributed by atoms with Crippen LogP contribution in [-0.2, 0) is 8.85 Å². The molecule has 0 aromatic heterocycles. The predicted octanol–water partition coefficient (Wildman–Crippen LogP) is 12.0. The molecule has 4 aliphatic carbocycles. The van der Waals surface area contributed by atoms with Crippen molar-refractivity contribution in [3.63, 3.8) is 0 Å². The average Bonchev–Trinajstić information content (AvgIpc) is 3.38. The number of allylic oxidation sites excluding steroid dienone is 4. The summed E-state index contributed by atoms with van der Waals surface area (Å²) in [7, 11) is -3.68. The largest absolute Gasteiger partial charge is 0.413 e. The van der Waals surface area contributed by atoms with Gasteiger partial charge in [-0.2, -0.15) is 11.8 Å². The Hall–Kier alpha value is -0.376. The summed E-state index contributed by atoms with van der Waals surface area (Å²) in [5.74, 6) is 2.11. The molecule has 0 spiro atoms. The topological polar surface area (TPSA) is 38.7 Å². The first-order chi connectivity index (χ1) is 21.9. The van der Waals surface area contributed by atoms with Crippen molar-refractivity contribution in [1.82, 2.24) is 0 Å². The Morgan fingerprint density at radius 3 is 2.23 bits per heavy atom. The highest BCUT2D eigenvalue weighted by molar-refractivity contribution is 8.00. The molecule has 3 nitrogen and oxygen atoms in total. The van der Waals surface area contributed by atoms with Crippen LogP contribution in [0, 0.1) is 22.7 Å². The van der Waals surface area contributed by atoms with Crippen LogP contribution in [-0.4, -0.2) is 50.6 Å². The Balaban J connectivity index is 1.49. The summed E-state index contributed by atoms with van der Waals surface area (Å²) in [6.07, 6.45) is 19.4. The van der Waals surface area contributed by atoms with Gasteiger partial charge in [0.25, 0.3) is 0 Å². The first-order valence-corrected chi connectivity index (χ1v) is 25.9. The van der Waals surface area contributed by atoms with Gasteiger partial charge in [-0.3, -0.25) is 0 Å². The molecule has 0 unspecified atom stereocenters. The maximum absolute atomic E-state index is 11.0. The zero-order chi connectivity index (χ0) is 35.1. The lowest BCUT2D eigenvalue weighted by atomic mass is 9.49. The molecular formula is C41H72O3SSi2.